The largest absolute Gasteiger partial charge is 0.396 e. The van der Waals surface area contributed by atoms with Crippen LogP contribution in [0.25, 0.3) is 0 Å². The van der Waals surface area contributed by atoms with Crippen molar-refractivity contribution >= 4 is 0 Å². The zero-order chi connectivity index (χ0) is 10.8. The van der Waals surface area contributed by atoms with Crippen LogP contribution in [0.5, 0.6) is 0 Å². The molecular formula is C11H13F2NO. The average molecular weight is 213 g/mol. The lowest BCUT2D eigenvalue weighted by molar-refractivity contribution is 0.235. The van der Waals surface area contributed by atoms with E-state index in [-0.39, 0.29) is 18.6 Å². The van der Waals surface area contributed by atoms with Gasteiger partial charge in [-0.2, -0.15) is 0 Å². The van der Waals surface area contributed by atoms with Gasteiger partial charge in [-0.1, -0.05) is 0 Å². The molecule has 0 saturated carbocycles. The fourth-order valence-corrected chi connectivity index (χ4v) is 1.97. The molecule has 2 atom stereocenters. The second kappa shape index (κ2) is 4.24. The molecule has 82 valence electrons. The number of halogens is 2. The van der Waals surface area contributed by atoms with Gasteiger partial charge in [-0.3, -0.25) is 0 Å². The number of rotatable bonds is 2. The minimum Gasteiger partial charge on any atom is -0.396 e. The molecule has 2 rings (SSSR count). The Morgan fingerprint density at radius 1 is 1.40 bits per heavy atom. The van der Waals surface area contributed by atoms with Gasteiger partial charge in [-0.15, -0.1) is 0 Å². The Morgan fingerprint density at radius 2 is 2.20 bits per heavy atom. The molecular weight excluding hydrogens is 200 g/mol. The standard InChI is InChI=1S/C11H13F2NO/c12-8-1-2-10(13)9(4-8)11-3-7(6-15)5-14-11/h1-2,4,7,11,14-15H,3,5-6H2. The third kappa shape index (κ3) is 2.16. The van der Waals surface area contributed by atoms with Crippen LogP contribution in [0.15, 0.2) is 18.2 Å². The van der Waals surface area contributed by atoms with Crippen LogP contribution in [0.3, 0.4) is 0 Å². The number of aliphatic hydroxyl groups is 1. The lowest BCUT2D eigenvalue weighted by Gasteiger charge is -2.11. The smallest absolute Gasteiger partial charge is 0.128 e. The first-order valence-electron chi connectivity index (χ1n) is 5.00. The van der Waals surface area contributed by atoms with E-state index >= 15 is 0 Å². The number of hydrogen-bond donors (Lipinski definition) is 2. The molecule has 2 N–H and O–H groups in total. The lowest BCUT2D eigenvalue weighted by atomic mass is 10.00. The summed E-state index contributed by atoms with van der Waals surface area (Å²) in [4.78, 5) is 0. The molecule has 2 unspecified atom stereocenters. The molecule has 1 aromatic rings. The van der Waals surface area contributed by atoms with Gasteiger partial charge < -0.3 is 10.4 Å². The third-order valence-electron chi connectivity index (χ3n) is 2.81. The van der Waals surface area contributed by atoms with Crippen molar-refractivity contribution in [2.75, 3.05) is 13.2 Å². The van der Waals surface area contributed by atoms with Crippen LogP contribution < -0.4 is 5.32 Å². The van der Waals surface area contributed by atoms with Crippen LogP contribution in [0.2, 0.25) is 0 Å². The van der Waals surface area contributed by atoms with Gasteiger partial charge in [-0.25, -0.2) is 8.78 Å². The Bertz CT molecular complexity index is 356. The average Bonchev–Trinajstić information content (AvgIpc) is 2.70. The van der Waals surface area contributed by atoms with Gasteiger partial charge in [0.1, 0.15) is 11.6 Å². The number of aliphatic hydroxyl groups excluding tert-OH is 1. The summed E-state index contributed by atoms with van der Waals surface area (Å²) in [5.74, 6) is -0.689. The second-order valence-corrected chi connectivity index (χ2v) is 3.91. The molecule has 1 heterocycles. The zero-order valence-electron chi connectivity index (χ0n) is 8.21. The van der Waals surface area contributed by atoms with Crippen molar-refractivity contribution in [1.82, 2.24) is 5.32 Å². The van der Waals surface area contributed by atoms with Gasteiger partial charge >= 0.3 is 0 Å². The number of hydrogen-bond acceptors (Lipinski definition) is 2. The van der Waals surface area contributed by atoms with Gasteiger partial charge in [0.25, 0.3) is 0 Å². The Labute approximate surface area is 86.9 Å². The summed E-state index contributed by atoms with van der Waals surface area (Å²) < 4.78 is 26.3. The summed E-state index contributed by atoms with van der Waals surface area (Å²) in [7, 11) is 0. The SMILES string of the molecule is OCC1CNC(c2cc(F)ccc2F)C1. The first-order chi connectivity index (χ1) is 7.20. The maximum absolute atomic E-state index is 13.4. The minimum atomic E-state index is -0.430. The van der Waals surface area contributed by atoms with Crippen molar-refractivity contribution in [1.29, 1.82) is 0 Å². The molecule has 1 aliphatic heterocycles. The maximum Gasteiger partial charge on any atom is 0.128 e. The molecule has 15 heavy (non-hydrogen) atoms. The normalized spacial score (nSPS) is 25.8. The zero-order valence-corrected chi connectivity index (χ0v) is 8.21. The van der Waals surface area contributed by atoms with Crippen LogP contribution in [0, 0.1) is 17.6 Å². The molecule has 1 aromatic carbocycles. The van der Waals surface area contributed by atoms with E-state index in [0.717, 1.165) is 12.1 Å². The Balaban J connectivity index is 2.19. The van der Waals surface area contributed by atoms with Gasteiger partial charge in [0.15, 0.2) is 0 Å². The maximum atomic E-state index is 13.4. The van der Waals surface area contributed by atoms with Crippen LogP contribution in [-0.4, -0.2) is 18.3 Å². The van der Waals surface area contributed by atoms with Gasteiger partial charge in [-0.05, 0) is 30.5 Å². The second-order valence-electron chi connectivity index (χ2n) is 3.91. The molecule has 0 spiro atoms. The predicted octanol–water partition coefficient (Wildman–Crippen LogP) is 1.61. The molecule has 0 aromatic heterocycles. The van der Waals surface area contributed by atoms with E-state index in [2.05, 4.69) is 5.32 Å². The van der Waals surface area contributed by atoms with E-state index in [9.17, 15) is 8.78 Å². The fourth-order valence-electron chi connectivity index (χ4n) is 1.97. The highest BCUT2D eigenvalue weighted by atomic mass is 19.1. The van der Waals surface area contributed by atoms with Gasteiger partial charge in [0.05, 0.1) is 0 Å². The lowest BCUT2D eigenvalue weighted by Crippen LogP contribution is -2.15. The summed E-state index contributed by atoms with van der Waals surface area (Å²) >= 11 is 0. The molecule has 0 aliphatic carbocycles. The monoisotopic (exact) mass is 213 g/mol. The van der Waals surface area contributed by atoms with Crippen molar-refractivity contribution in [2.24, 2.45) is 5.92 Å². The van der Waals surface area contributed by atoms with Crippen molar-refractivity contribution in [2.45, 2.75) is 12.5 Å². The fraction of sp³-hybridized carbons (Fsp3) is 0.455. The van der Waals surface area contributed by atoms with E-state index in [4.69, 9.17) is 5.11 Å². The topological polar surface area (TPSA) is 32.3 Å². The first kappa shape index (κ1) is 10.5. The highest BCUT2D eigenvalue weighted by molar-refractivity contribution is 5.23. The summed E-state index contributed by atoms with van der Waals surface area (Å²) in [6, 6.07) is 3.28. The van der Waals surface area contributed by atoms with Crippen molar-refractivity contribution in [3.63, 3.8) is 0 Å². The van der Waals surface area contributed by atoms with Crippen molar-refractivity contribution < 1.29 is 13.9 Å². The molecule has 1 aliphatic rings. The van der Waals surface area contributed by atoms with E-state index in [1.165, 1.54) is 6.07 Å². The molecule has 4 heteroatoms. The molecule has 0 amide bonds. The van der Waals surface area contributed by atoms with Crippen LogP contribution in [0.4, 0.5) is 8.78 Å². The third-order valence-corrected chi connectivity index (χ3v) is 2.81. The molecule has 0 radical (unpaired) electrons. The van der Waals surface area contributed by atoms with E-state index in [1.807, 2.05) is 0 Å². The van der Waals surface area contributed by atoms with Gasteiger partial charge in [0.2, 0.25) is 0 Å². The summed E-state index contributed by atoms with van der Waals surface area (Å²) in [5, 5.41) is 12.0. The molecule has 0 bridgehead atoms. The highest BCUT2D eigenvalue weighted by Gasteiger charge is 2.26. The molecule has 1 saturated heterocycles. The molecule has 1 fully saturated rings. The predicted molar refractivity (Wildman–Crippen MR) is 52.3 cm³/mol. The summed E-state index contributed by atoms with van der Waals surface area (Å²) in [5.41, 5.74) is 0.353. The van der Waals surface area contributed by atoms with E-state index in [1.54, 1.807) is 0 Å². The quantitative estimate of drug-likeness (QED) is 0.782. The van der Waals surface area contributed by atoms with Gasteiger partial charge in [0, 0.05) is 24.8 Å². The Kier molecular flexibility index (Phi) is 2.98. The summed E-state index contributed by atoms with van der Waals surface area (Å²) in [6.07, 6.45) is 0.650. The Morgan fingerprint density at radius 3 is 2.87 bits per heavy atom. The minimum absolute atomic E-state index is 0.0838. The van der Waals surface area contributed by atoms with Crippen molar-refractivity contribution in [3.05, 3.63) is 35.4 Å². The van der Waals surface area contributed by atoms with E-state index < -0.39 is 11.6 Å². The number of nitrogens with one attached hydrogen (secondary N) is 1. The van der Waals surface area contributed by atoms with Crippen LogP contribution in [-0.2, 0) is 0 Å². The Hall–Kier alpha value is -1.00. The van der Waals surface area contributed by atoms with Crippen molar-refractivity contribution in [3.8, 4) is 0 Å². The van der Waals surface area contributed by atoms with Crippen LogP contribution in [0.1, 0.15) is 18.0 Å². The van der Waals surface area contributed by atoms with Crippen LogP contribution >= 0.6 is 0 Å². The van der Waals surface area contributed by atoms with E-state index in [0.29, 0.717) is 18.5 Å². The number of benzene rings is 1. The highest BCUT2D eigenvalue weighted by Crippen LogP contribution is 2.28. The first-order valence-corrected chi connectivity index (χ1v) is 5.00. The summed E-state index contributed by atoms with van der Waals surface area (Å²) in [6.45, 7) is 0.734. The molecule has 2 nitrogen and oxygen atoms in total.